The van der Waals surface area contributed by atoms with Crippen molar-refractivity contribution >= 4 is 13.8 Å². The largest absolute Gasteiger partial charge is 0.472 e. The van der Waals surface area contributed by atoms with Gasteiger partial charge in [-0.3, -0.25) is 13.8 Å². The van der Waals surface area contributed by atoms with Gasteiger partial charge in [-0.05, 0) is 44.9 Å². The number of nitrogens with zero attached hydrogens (tertiary/aromatic N) is 1. The number of ether oxygens (including phenoxy) is 2. The Kier molecular flexibility index (Phi) is 40.0. The third-order valence-corrected chi connectivity index (χ3v) is 11.2. The van der Waals surface area contributed by atoms with Gasteiger partial charge in [-0.2, -0.15) is 0 Å². The van der Waals surface area contributed by atoms with Gasteiger partial charge in [0.2, 0.25) is 0 Å². The molecule has 0 aliphatic rings. The van der Waals surface area contributed by atoms with Gasteiger partial charge in [0, 0.05) is 13.0 Å². The monoisotopic (exact) mass is 815 g/mol. The summed E-state index contributed by atoms with van der Waals surface area (Å²) in [6.07, 6.45) is 46.3. The summed E-state index contributed by atoms with van der Waals surface area (Å²) in [7, 11) is 1.67. The van der Waals surface area contributed by atoms with Gasteiger partial charge in [-0.25, -0.2) is 4.57 Å². The minimum atomic E-state index is -4.27. The van der Waals surface area contributed by atoms with Crippen molar-refractivity contribution in [2.75, 3.05) is 54.1 Å². The molecule has 0 aromatic carbocycles. The standard InChI is InChI=1S/C47H92NO7P/c1-6-8-10-12-14-16-18-20-22-23-24-25-27-29-31-33-35-37-39-42-52-44-46(45-54-56(50,51)53-43-41-48(3,4)5)55-47(49)40-38-36-34-32-30-28-26-21-19-17-15-13-11-9-7-2/h16,18,22-23,46H,6-15,17,19-21,24-45H2,1-5H3/p+1/b18-16-,23-22-. The second-order valence-corrected chi connectivity index (χ2v) is 18.6. The van der Waals surface area contributed by atoms with E-state index in [9.17, 15) is 14.3 Å². The topological polar surface area (TPSA) is 91.3 Å². The molecule has 2 unspecified atom stereocenters. The highest BCUT2D eigenvalue weighted by molar-refractivity contribution is 7.47. The lowest BCUT2D eigenvalue weighted by atomic mass is 10.0. The Labute approximate surface area is 347 Å². The number of quaternary nitrogens is 1. The summed E-state index contributed by atoms with van der Waals surface area (Å²) in [6.45, 7) is 5.63. The summed E-state index contributed by atoms with van der Waals surface area (Å²) in [5.41, 5.74) is 0. The fraction of sp³-hybridized carbons (Fsp3) is 0.894. The number of allylic oxidation sites excluding steroid dienone is 4. The normalized spacial score (nSPS) is 13.9. The van der Waals surface area contributed by atoms with Crippen molar-refractivity contribution in [2.45, 2.75) is 219 Å². The van der Waals surface area contributed by atoms with Gasteiger partial charge < -0.3 is 18.9 Å². The highest BCUT2D eigenvalue weighted by atomic mass is 31.2. The van der Waals surface area contributed by atoms with E-state index in [1.54, 1.807) is 0 Å². The Balaban J connectivity index is 4.18. The first-order valence-corrected chi connectivity index (χ1v) is 25.1. The molecule has 8 nitrogen and oxygen atoms in total. The number of hydrogen-bond donors (Lipinski definition) is 1. The molecule has 0 aliphatic heterocycles. The van der Waals surface area contributed by atoms with Gasteiger partial charge in [0.1, 0.15) is 19.3 Å². The molecule has 0 heterocycles. The zero-order chi connectivity index (χ0) is 41.3. The molecule has 332 valence electrons. The quantitative estimate of drug-likeness (QED) is 0.0215. The fourth-order valence-electron chi connectivity index (χ4n) is 6.58. The van der Waals surface area contributed by atoms with E-state index in [0.29, 0.717) is 24.1 Å². The maximum Gasteiger partial charge on any atom is 0.472 e. The van der Waals surface area contributed by atoms with Gasteiger partial charge in [-0.15, -0.1) is 0 Å². The predicted octanol–water partition coefficient (Wildman–Crippen LogP) is 14.0. The van der Waals surface area contributed by atoms with Crippen LogP contribution in [0.15, 0.2) is 24.3 Å². The smallest absolute Gasteiger partial charge is 0.457 e. The summed E-state index contributed by atoms with van der Waals surface area (Å²) in [6, 6.07) is 0. The van der Waals surface area contributed by atoms with Crippen LogP contribution in [0.25, 0.3) is 0 Å². The molecule has 9 heteroatoms. The van der Waals surface area contributed by atoms with Crippen LogP contribution in [-0.4, -0.2) is 75.6 Å². The van der Waals surface area contributed by atoms with E-state index >= 15 is 0 Å². The van der Waals surface area contributed by atoms with Gasteiger partial charge >= 0.3 is 13.8 Å². The minimum absolute atomic E-state index is 0.0895. The summed E-state index contributed by atoms with van der Waals surface area (Å²) < 4.78 is 35.1. The lowest BCUT2D eigenvalue weighted by Crippen LogP contribution is -2.37. The molecule has 0 fully saturated rings. The SMILES string of the molecule is CCCCCC/C=C\C/C=C\CCCCCCCCCCOCC(COP(=O)(O)OCC[N+](C)(C)C)OC(=O)CCCCCCCCCCCCCCCCC. The molecule has 0 aliphatic carbocycles. The third kappa shape index (κ3) is 44.1. The zero-order valence-electron chi connectivity index (χ0n) is 37.6. The van der Waals surface area contributed by atoms with Crippen molar-refractivity contribution in [2.24, 2.45) is 0 Å². The number of hydrogen-bond acceptors (Lipinski definition) is 6. The second-order valence-electron chi connectivity index (χ2n) is 17.1. The highest BCUT2D eigenvalue weighted by Crippen LogP contribution is 2.43. The van der Waals surface area contributed by atoms with Crippen molar-refractivity contribution in [3.8, 4) is 0 Å². The molecule has 0 amide bonds. The van der Waals surface area contributed by atoms with Crippen LogP contribution in [0.2, 0.25) is 0 Å². The Morgan fingerprint density at radius 3 is 1.46 bits per heavy atom. The number of phosphoric ester groups is 1. The van der Waals surface area contributed by atoms with Crippen molar-refractivity contribution in [3.05, 3.63) is 24.3 Å². The van der Waals surface area contributed by atoms with Gasteiger partial charge in [0.15, 0.2) is 0 Å². The van der Waals surface area contributed by atoms with E-state index in [-0.39, 0.29) is 25.8 Å². The summed E-state index contributed by atoms with van der Waals surface area (Å²) in [5, 5.41) is 0. The average Bonchev–Trinajstić information content (AvgIpc) is 3.15. The fourth-order valence-corrected chi connectivity index (χ4v) is 7.33. The van der Waals surface area contributed by atoms with E-state index in [2.05, 4.69) is 38.2 Å². The molecule has 0 saturated heterocycles. The molecule has 0 aromatic rings. The van der Waals surface area contributed by atoms with E-state index in [0.717, 1.165) is 38.5 Å². The van der Waals surface area contributed by atoms with E-state index in [4.69, 9.17) is 18.5 Å². The Hall–Kier alpha value is -1.02. The molecule has 0 bridgehead atoms. The summed E-state index contributed by atoms with van der Waals surface area (Å²) >= 11 is 0. The van der Waals surface area contributed by atoms with E-state index in [1.165, 1.54) is 154 Å². The van der Waals surface area contributed by atoms with Crippen LogP contribution in [0.1, 0.15) is 213 Å². The molecule has 1 N–H and O–H groups in total. The molecule has 56 heavy (non-hydrogen) atoms. The average molecular weight is 815 g/mol. The van der Waals surface area contributed by atoms with Crippen molar-refractivity contribution in [1.82, 2.24) is 0 Å². The molecule has 0 aromatic heterocycles. The first-order valence-electron chi connectivity index (χ1n) is 23.6. The first kappa shape index (κ1) is 55.0. The highest BCUT2D eigenvalue weighted by Gasteiger charge is 2.26. The summed E-state index contributed by atoms with van der Waals surface area (Å²) in [5.74, 6) is -0.313. The van der Waals surface area contributed by atoms with Gasteiger partial charge in [0.25, 0.3) is 0 Å². The Bertz CT molecular complexity index is 951. The zero-order valence-corrected chi connectivity index (χ0v) is 38.5. The van der Waals surface area contributed by atoms with Crippen molar-refractivity contribution in [3.63, 3.8) is 0 Å². The lowest BCUT2D eigenvalue weighted by molar-refractivity contribution is -0.870. The lowest BCUT2D eigenvalue weighted by Gasteiger charge is -2.24. The number of carbonyl (C=O) groups is 1. The molecular formula is C47H93NO7P+. The predicted molar refractivity (Wildman–Crippen MR) is 238 cm³/mol. The maximum atomic E-state index is 12.7. The van der Waals surface area contributed by atoms with Crippen molar-refractivity contribution in [1.29, 1.82) is 0 Å². The number of carbonyl (C=O) groups excluding carboxylic acids is 1. The molecule has 0 radical (unpaired) electrons. The Morgan fingerprint density at radius 2 is 0.982 bits per heavy atom. The number of unbranched alkanes of at least 4 members (excludes halogenated alkanes) is 26. The van der Waals surface area contributed by atoms with Crippen LogP contribution >= 0.6 is 7.82 Å². The number of rotatable bonds is 44. The molecule has 2 atom stereocenters. The summed E-state index contributed by atoms with van der Waals surface area (Å²) in [4.78, 5) is 22.9. The second kappa shape index (κ2) is 40.7. The van der Waals surface area contributed by atoms with Crippen LogP contribution in [-0.2, 0) is 27.9 Å². The maximum absolute atomic E-state index is 12.7. The number of likely N-dealkylation sites (N-methyl/N-ethyl adjacent to an activating group) is 1. The molecule has 0 spiro atoms. The van der Waals surface area contributed by atoms with Crippen LogP contribution in [0, 0.1) is 0 Å². The van der Waals surface area contributed by atoms with Gasteiger partial charge in [0.05, 0.1) is 34.4 Å². The van der Waals surface area contributed by atoms with Crippen LogP contribution in [0.5, 0.6) is 0 Å². The first-order chi connectivity index (χ1) is 27.1. The van der Waals surface area contributed by atoms with Crippen molar-refractivity contribution < 1.29 is 37.3 Å². The molecule has 0 rings (SSSR count). The van der Waals surface area contributed by atoms with Crippen LogP contribution in [0.4, 0.5) is 0 Å². The van der Waals surface area contributed by atoms with Gasteiger partial charge in [-0.1, -0.05) is 186 Å². The number of esters is 1. The van der Waals surface area contributed by atoms with E-state index < -0.39 is 13.9 Å². The number of phosphoric acid groups is 1. The van der Waals surface area contributed by atoms with Crippen LogP contribution < -0.4 is 0 Å². The molecule has 0 saturated carbocycles. The third-order valence-electron chi connectivity index (χ3n) is 10.3. The van der Waals surface area contributed by atoms with E-state index in [1.807, 2.05) is 21.1 Å². The van der Waals surface area contributed by atoms with Crippen LogP contribution in [0.3, 0.4) is 0 Å². The Morgan fingerprint density at radius 1 is 0.554 bits per heavy atom. The minimum Gasteiger partial charge on any atom is -0.457 e. The molecular weight excluding hydrogens is 721 g/mol.